The smallest absolute Gasteiger partial charge is 0.173 e. The van der Waals surface area contributed by atoms with Gasteiger partial charge in [0.2, 0.25) is 0 Å². The molecule has 4 rings (SSSR count). The lowest BCUT2D eigenvalue weighted by molar-refractivity contribution is 0.357. The van der Waals surface area contributed by atoms with Crippen LogP contribution in [0.4, 0.5) is 11.5 Å². The molecule has 1 N–H and O–H groups in total. The number of para-hydroxylation sites is 1. The highest BCUT2D eigenvalue weighted by molar-refractivity contribution is 5.79. The Balaban J connectivity index is 1.78. The van der Waals surface area contributed by atoms with E-state index in [0.29, 0.717) is 12.4 Å². The maximum absolute atomic E-state index is 5.85. The van der Waals surface area contributed by atoms with E-state index < -0.39 is 0 Å². The van der Waals surface area contributed by atoms with Crippen LogP contribution >= 0.6 is 0 Å². The quantitative estimate of drug-likeness (QED) is 0.792. The van der Waals surface area contributed by atoms with Crippen molar-refractivity contribution in [3.05, 3.63) is 60.6 Å². The van der Waals surface area contributed by atoms with Gasteiger partial charge in [-0.25, -0.2) is 4.98 Å². The van der Waals surface area contributed by atoms with Gasteiger partial charge in [-0.15, -0.1) is 0 Å². The fourth-order valence-corrected chi connectivity index (χ4v) is 2.95. The predicted octanol–water partition coefficient (Wildman–Crippen LogP) is 3.83. The highest BCUT2D eigenvalue weighted by atomic mass is 16.5. The van der Waals surface area contributed by atoms with E-state index in [1.54, 1.807) is 19.5 Å². The fraction of sp³-hybridized carbons (Fsp3) is 0.158. The Morgan fingerprint density at radius 2 is 2.00 bits per heavy atom. The summed E-state index contributed by atoms with van der Waals surface area (Å²) in [4.78, 5) is 8.69. The summed E-state index contributed by atoms with van der Waals surface area (Å²) >= 11 is 0. The Labute approximate surface area is 140 Å². The molecule has 0 saturated heterocycles. The number of aromatic nitrogens is 2. The molecule has 0 saturated carbocycles. The summed E-state index contributed by atoms with van der Waals surface area (Å²) in [5.74, 6) is 2.36. The van der Waals surface area contributed by atoms with Crippen molar-refractivity contribution in [1.29, 1.82) is 0 Å². The van der Waals surface area contributed by atoms with Crippen molar-refractivity contribution in [3.63, 3.8) is 0 Å². The molecule has 2 aromatic heterocycles. The van der Waals surface area contributed by atoms with E-state index in [9.17, 15) is 0 Å². The van der Waals surface area contributed by atoms with Crippen molar-refractivity contribution in [1.82, 2.24) is 9.97 Å². The molecule has 24 heavy (non-hydrogen) atoms. The minimum Gasteiger partial charge on any atom is -0.496 e. The van der Waals surface area contributed by atoms with Gasteiger partial charge in [0.25, 0.3) is 0 Å². The second kappa shape index (κ2) is 6.20. The van der Waals surface area contributed by atoms with Gasteiger partial charge >= 0.3 is 0 Å². The molecule has 0 radical (unpaired) electrons. The molecule has 120 valence electrons. The van der Waals surface area contributed by atoms with Crippen molar-refractivity contribution in [2.45, 2.75) is 6.42 Å². The Morgan fingerprint density at radius 3 is 2.83 bits per heavy atom. The van der Waals surface area contributed by atoms with Crippen molar-refractivity contribution in [3.8, 4) is 22.6 Å². The number of pyridine rings is 2. The maximum Gasteiger partial charge on any atom is 0.173 e. The lowest BCUT2D eigenvalue weighted by atomic mass is 9.99. The minimum atomic E-state index is 0.658. The molecular weight excluding hydrogens is 302 g/mol. The number of benzene rings is 1. The molecule has 1 aromatic carbocycles. The monoisotopic (exact) mass is 319 g/mol. The van der Waals surface area contributed by atoms with Crippen molar-refractivity contribution >= 4 is 11.5 Å². The second-order valence-electron chi connectivity index (χ2n) is 5.49. The third kappa shape index (κ3) is 2.54. The first-order valence-electron chi connectivity index (χ1n) is 7.82. The van der Waals surface area contributed by atoms with E-state index in [0.717, 1.165) is 40.3 Å². The van der Waals surface area contributed by atoms with E-state index in [1.807, 2.05) is 42.6 Å². The van der Waals surface area contributed by atoms with Crippen LogP contribution in [0.15, 0.2) is 55.0 Å². The van der Waals surface area contributed by atoms with E-state index in [4.69, 9.17) is 9.47 Å². The van der Waals surface area contributed by atoms with Gasteiger partial charge in [-0.2, -0.15) is 0 Å². The number of rotatable bonds is 4. The Morgan fingerprint density at radius 1 is 1.08 bits per heavy atom. The zero-order chi connectivity index (χ0) is 16.4. The summed E-state index contributed by atoms with van der Waals surface area (Å²) in [6.45, 7) is 0.658. The molecule has 0 atom stereocenters. The largest absolute Gasteiger partial charge is 0.496 e. The molecular formula is C19H17N3O2. The van der Waals surface area contributed by atoms with Crippen LogP contribution < -0.4 is 14.8 Å². The normalized spacial score (nSPS) is 12.4. The summed E-state index contributed by atoms with van der Waals surface area (Å²) < 4.78 is 11.3. The molecule has 1 aliphatic heterocycles. The van der Waals surface area contributed by atoms with Crippen LogP contribution in [-0.2, 0) is 6.42 Å². The van der Waals surface area contributed by atoms with Crippen LogP contribution in [0, 0.1) is 0 Å². The van der Waals surface area contributed by atoms with Crippen LogP contribution in [0.5, 0.6) is 11.5 Å². The first kappa shape index (κ1) is 14.5. The number of methoxy groups -OCH3 is 1. The molecule has 5 nitrogen and oxygen atoms in total. The topological polar surface area (TPSA) is 56.3 Å². The molecule has 3 heterocycles. The molecule has 5 heteroatoms. The number of fused-ring (bicyclic) bond motifs is 1. The van der Waals surface area contributed by atoms with Gasteiger partial charge < -0.3 is 14.8 Å². The second-order valence-corrected chi connectivity index (χ2v) is 5.49. The lowest BCUT2D eigenvalue weighted by Gasteiger charge is -2.14. The molecule has 0 unspecified atom stereocenters. The summed E-state index contributed by atoms with van der Waals surface area (Å²) in [5, 5.41) is 3.28. The van der Waals surface area contributed by atoms with Crippen LogP contribution in [0.1, 0.15) is 5.56 Å². The first-order valence-corrected chi connectivity index (χ1v) is 7.82. The summed E-state index contributed by atoms with van der Waals surface area (Å²) in [6, 6.07) is 11.8. The number of ether oxygens (including phenoxy) is 2. The first-order chi connectivity index (χ1) is 11.9. The van der Waals surface area contributed by atoms with Gasteiger partial charge in [-0.1, -0.05) is 18.2 Å². The Bertz CT molecular complexity index is 866. The van der Waals surface area contributed by atoms with Gasteiger partial charge in [0.15, 0.2) is 11.6 Å². The number of nitrogens with one attached hydrogen (secondary N) is 1. The van der Waals surface area contributed by atoms with Crippen molar-refractivity contribution in [2.75, 3.05) is 19.0 Å². The zero-order valence-electron chi connectivity index (χ0n) is 13.3. The Hall–Kier alpha value is -3.08. The fourth-order valence-electron chi connectivity index (χ4n) is 2.95. The van der Waals surface area contributed by atoms with E-state index in [2.05, 4.69) is 15.3 Å². The zero-order valence-corrected chi connectivity index (χ0v) is 13.3. The van der Waals surface area contributed by atoms with Gasteiger partial charge in [0.05, 0.1) is 25.6 Å². The van der Waals surface area contributed by atoms with E-state index >= 15 is 0 Å². The molecule has 3 aromatic rings. The number of nitrogens with zero attached hydrogens (tertiary/aromatic N) is 2. The van der Waals surface area contributed by atoms with E-state index in [-0.39, 0.29) is 0 Å². The summed E-state index contributed by atoms with van der Waals surface area (Å²) in [7, 11) is 1.68. The van der Waals surface area contributed by atoms with Gasteiger partial charge in [-0.05, 0) is 18.2 Å². The number of hydrogen-bond acceptors (Lipinski definition) is 5. The van der Waals surface area contributed by atoms with Gasteiger partial charge in [-0.3, -0.25) is 4.98 Å². The van der Waals surface area contributed by atoms with Crippen LogP contribution in [0.3, 0.4) is 0 Å². The van der Waals surface area contributed by atoms with Crippen molar-refractivity contribution < 1.29 is 9.47 Å². The highest BCUT2D eigenvalue weighted by Crippen LogP contribution is 2.42. The van der Waals surface area contributed by atoms with Gasteiger partial charge in [0.1, 0.15) is 5.75 Å². The van der Waals surface area contributed by atoms with Crippen LogP contribution in [0.25, 0.3) is 11.1 Å². The summed E-state index contributed by atoms with van der Waals surface area (Å²) in [6.07, 6.45) is 6.23. The third-order valence-corrected chi connectivity index (χ3v) is 4.06. The predicted molar refractivity (Wildman–Crippen MR) is 92.9 cm³/mol. The molecule has 0 spiro atoms. The average Bonchev–Trinajstić information content (AvgIpc) is 3.13. The number of hydrogen-bond donors (Lipinski definition) is 1. The van der Waals surface area contributed by atoms with Crippen LogP contribution in [-0.4, -0.2) is 23.7 Å². The maximum atomic E-state index is 5.85. The highest BCUT2D eigenvalue weighted by Gasteiger charge is 2.23. The van der Waals surface area contributed by atoms with E-state index in [1.165, 1.54) is 0 Å². The molecule has 0 aliphatic carbocycles. The average molecular weight is 319 g/mol. The van der Waals surface area contributed by atoms with Gasteiger partial charge in [0, 0.05) is 35.5 Å². The minimum absolute atomic E-state index is 0.658. The molecule has 0 fully saturated rings. The van der Waals surface area contributed by atoms with Crippen molar-refractivity contribution in [2.24, 2.45) is 0 Å². The SMILES string of the molecule is COc1ccccc1-c1cnc(Nc2cccnc2)c2c1CCO2. The summed E-state index contributed by atoms with van der Waals surface area (Å²) in [5.41, 5.74) is 4.12. The molecule has 1 aliphatic rings. The molecule has 0 bridgehead atoms. The standard InChI is InChI=1S/C19H17N3O2/c1-23-17-7-3-2-6-14(17)16-12-21-19(18-15(16)8-10-24-18)22-13-5-4-9-20-11-13/h2-7,9,11-12H,8,10H2,1H3,(H,21,22). The lowest BCUT2D eigenvalue weighted by Crippen LogP contribution is -1.99. The van der Waals surface area contributed by atoms with Crippen LogP contribution in [0.2, 0.25) is 0 Å². The third-order valence-electron chi connectivity index (χ3n) is 4.06. The Kier molecular flexibility index (Phi) is 3.75. The molecule has 0 amide bonds. The number of anilines is 2.